The molecule has 0 radical (unpaired) electrons. The van der Waals surface area contributed by atoms with E-state index in [2.05, 4.69) is 15.3 Å². The fraction of sp³-hybridized carbons (Fsp3) is 0.273. The topological polar surface area (TPSA) is 95.2 Å². The monoisotopic (exact) mass is 426 g/mol. The van der Waals surface area contributed by atoms with Gasteiger partial charge < -0.3 is 10.3 Å². The number of amides is 1. The van der Waals surface area contributed by atoms with Crippen LogP contribution in [0.4, 0.5) is 0 Å². The van der Waals surface area contributed by atoms with Crippen LogP contribution in [0.2, 0.25) is 0 Å². The first-order valence-electron chi connectivity index (χ1n) is 9.88. The van der Waals surface area contributed by atoms with Gasteiger partial charge in [0.1, 0.15) is 5.82 Å². The van der Waals surface area contributed by atoms with E-state index in [-0.39, 0.29) is 16.8 Å². The number of carbonyl (C=O) groups is 1. The number of hydrogen-bond donors (Lipinski definition) is 2. The molecule has 1 aromatic heterocycles. The predicted octanol–water partition coefficient (Wildman–Crippen LogP) is 3.48. The average Bonchev–Trinajstić information content (AvgIpc) is 3.18. The van der Waals surface area contributed by atoms with Crippen molar-refractivity contribution in [2.75, 3.05) is 13.1 Å². The zero-order chi connectivity index (χ0) is 21.7. The third kappa shape index (κ3) is 4.77. The maximum Gasteiger partial charge on any atom is 0.244 e. The zero-order valence-electron chi connectivity index (χ0n) is 17.3. The minimum absolute atomic E-state index is 0.242. The van der Waals surface area contributed by atoms with Crippen molar-refractivity contribution in [2.45, 2.75) is 31.7 Å². The van der Waals surface area contributed by atoms with Crippen molar-refractivity contribution in [1.82, 2.24) is 19.6 Å². The minimum atomic E-state index is -3.49. The van der Waals surface area contributed by atoms with Crippen LogP contribution in [0, 0.1) is 0 Å². The molecule has 8 heteroatoms. The molecule has 0 aliphatic rings. The first kappa shape index (κ1) is 21.7. The Morgan fingerprint density at radius 2 is 1.80 bits per heavy atom. The van der Waals surface area contributed by atoms with Crippen molar-refractivity contribution in [3.8, 4) is 0 Å². The molecule has 0 saturated heterocycles. The van der Waals surface area contributed by atoms with Crippen LogP contribution in [0.15, 0.2) is 59.5 Å². The number of H-pyrrole nitrogens is 1. The molecule has 1 heterocycles. The second kappa shape index (κ2) is 9.23. The molecule has 7 nitrogen and oxygen atoms in total. The molecule has 1 unspecified atom stereocenters. The van der Waals surface area contributed by atoms with E-state index < -0.39 is 10.0 Å². The molecule has 0 aliphatic heterocycles. The lowest BCUT2D eigenvalue weighted by molar-refractivity contribution is -0.117. The highest BCUT2D eigenvalue weighted by Crippen LogP contribution is 2.17. The molecule has 0 spiro atoms. The number of rotatable bonds is 8. The summed E-state index contributed by atoms with van der Waals surface area (Å²) in [5, 5.41) is 2.87. The fourth-order valence-electron chi connectivity index (χ4n) is 3.14. The maximum atomic E-state index is 12.5. The predicted molar refractivity (Wildman–Crippen MR) is 118 cm³/mol. The van der Waals surface area contributed by atoms with E-state index in [9.17, 15) is 13.2 Å². The summed E-state index contributed by atoms with van der Waals surface area (Å²) in [5.41, 5.74) is 2.51. The van der Waals surface area contributed by atoms with E-state index >= 15 is 0 Å². The molecule has 2 aromatic carbocycles. The molecule has 0 fully saturated rings. The first-order valence-corrected chi connectivity index (χ1v) is 11.3. The van der Waals surface area contributed by atoms with Gasteiger partial charge in [-0.1, -0.05) is 38.1 Å². The van der Waals surface area contributed by atoms with E-state index in [0.717, 1.165) is 16.6 Å². The van der Waals surface area contributed by atoms with Crippen molar-refractivity contribution in [2.24, 2.45) is 0 Å². The summed E-state index contributed by atoms with van der Waals surface area (Å²) in [6, 6.07) is 13.9. The van der Waals surface area contributed by atoms with Gasteiger partial charge in [-0.2, -0.15) is 4.31 Å². The molecule has 2 N–H and O–H groups in total. The van der Waals surface area contributed by atoms with Gasteiger partial charge in [-0.25, -0.2) is 13.4 Å². The SMILES string of the molecule is CCN(CC)S(=O)(=O)c1ccc(/C=C/C(=O)NC(C)c2nc3ccccc3[nH]2)cc1. The van der Waals surface area contributed by atoms with Crippen molar-refractivity contribution in [3.05, 3.63) is 66.0 Å². The van der Waals surface area contributed by atoms with Crippen LogP contribution in [0.25, 0.3) is 17.1 Å². The number of benzene rings is 2. The minimum Gasteiger partial charge on any atom is -0.343 e. The molecule has 0 aliphatic carbocycles. The Hall–Kier alpha value is -2.97. The summed E-state index contributed by atoms with van der Waals surface area (Å²) in [6.45, 7) is 6.32. The van der Waals surface area contributed by atoms with E-state index in [4.69, 9.17) is 0 Å². The Labute approximate surface area is 176 Å². The van der Waals surface area contributed by atoms with E-state index in [1.807, 2.05) is 45.0 Å². The Morgan fingerprint density at radius 3 is 2.43 bits per heavy atom. The Balaban J connectivity index is 1.64. The lowest BCUT2D eigenvalue weighted by atomic mass is 10.2. The van der Waals surface area contributed by atoms with Gasteiger partial charge in [0.15, 0.2) is 0 Å². The van der Waals surface area contributed by atoms with Gasteiger partial charge in [0.05, 0.1) is 22.0 Å². The summed E-state index contributed by atoms with van der Waals surface area (Å²) in [6.07, 6.45) is 3.07. The quantitative estimate of drug-likeness (QED) is 0.539. The molecular formula is C22H26N4O3S. The summed E-state index contributed by atoms with van der Waals surface area (Å²) in [5.74, 6) is 0.423. The second-order valence-electron chi connectivity index (χ2n) is 6.86. The fourth-order valence-corrected chi connectivity index (χ4v) is 4.60. The molecule has 1 atom stereocenters. The number of carbonyl (C=O) groups excluding carboxylic acids is 1. The summed E-state index contributed by atoms with van der Waals surface area (Å²) in [7, 11) is -3.49. The summed E-state index contributed by atoms with van der Waals surface area (Å²) >= 11 is 0. The van der Waals surface area contributed by atoms with Crippen molar-refractivity contribution in [3.63, 3.8) is 0 Å². The average molecular weight is 427 g/mol. The lowest BCUT2D eigenvalue weighted by Gasteiger charge is -2.18. The van der Waals surface area contributed by atoms with Crippen LogP contribution in [-0.2, 0) is 14.8 Å². The lowest BCUT2D eigenvalue weighted by Crippen LogP contribution is -2.30. The number of aromatic nitrogens is 2. The van der Waals surface area contributed by atoms with Crippen LogP contribution in [-0.4, -0.2) is 41.7 Å². The Kier molecular flexibility index (Phi) is 6.69. The molecule has 30 heavy (non-hydrogen) atoms. The Morgan fingerprint density at radius 1 is 1.13 bits per heavy atom. The van der Waals surface area contributed by atoms with Gasteiger partial charge in [0.2, 0.25) is 15.9 Å². The van der Waals surface area contributed by atoms with Gasteiger partial charge in [0, 0.05) is 19.2 Å². The number of fused-ring (bicyclic) bond motifs is 1. The number of aromatic amines is 1. The van der Waals surface area contributed by atoms with E-state index in [1.165, 1.54) is 10.4 Å². The molecular weight excluding hydrogens is 400 g/mol. The molecule has 0 bridgehead atoms. The highest BCUT2D eigenvalue weighted by molar-refractivity contribution is 7.89. The van der Waals surface area contributed by atoms with Crippen LogP contribution >= 0.6 is 0 Å². The van der Waals surface area contributed by atoms with Crippen LogP contribution in [0.1, 0.15) is 38.2 Å². The number of para-hydroxylation sites is 2. The van der Waals surface area contributed by atoms with E-state index in [1.54, 1.807) is 30.3 Å². The highest BCUT2D eigenvalue weighted by atomic mass is 32.2. The second-order valence-corrected chi connectivity index (χ2v) is 8.80. The smallest absolute Gasteiger partial charge is 0.244 e. The molecule has 3 rings (SSSR count). The van der Waals surface area contributed by atoms with Crippen molar-refractivity contribution in [1.29, 1.82) is 0 Å². The van der Waals surface area contributed by atoms with Crippen LogP contribution < -0.4 is 5.32 Å². The van der Waals surface area contributed by atoms with Gasteiger partial charge >= 0.3 is 0 Å². The van der Waals surface area contributed by atoms with Gasteiger partial charge in [-0.05, 0) is 42.8 Å². The van der Waals surface area contributed by atoms with Gasteiger partial charge in [0.25, 0.3) is 0 Å². The number of nitrogens with zero attached hydrogens (tertiary/aromatic N) is 2. The van der Waals surface area contributed by atoms with Gasteiger partial charge in [-0.3, -0.25) is 4.79 Å². The number of hydrogen-bond acceptors (Lipinski definition) is 4. The van der Waals surface area contributed by atoms with Crippen molar-refractivity contribution < 1.29 is 13.2 Å². The molecule has 3 aromatic rings. The van der Waals surface area contributed by atoms with Crippen LogP contribution in [0.5, 0.6) is 0 Å². The zero-order valence-corrected chi connectivity index (χ0v) is 18.1. The highest BCUT2D eigenvalue weighted by Gasteiger charge is 2.21. The van der Waals surface area contributed by atoms with E-state index in [0.29, 0.717) is 18.9 Å². The Bertz CT molecular complexity index is 1110. The summed E-state index contributed by atoms with van der Waals surface area (Å²) in [4.78, 5) is 20.2. The molecule has 0 saturated carbocycles. The third-order valence-electron chi connectivity index (χ3n) is 4.83. The normalized spacial score (nSPS) is 13.2. The largest absolute Gasteiger partial charge is 0.343 e. The molecule has 158 valence electrons. The number of sulfonamides is 1. The maximum absolute atomic E-state index is 12.5. The third-order valence-corrected chi connectivity index (χ3v) is 6.89. The van der Waals surface area contributed by atoms with Gasteiger partial charge in [-0.15, -0.1) is 0 Å². The standard InChI is InChI=1S/C22H26N4O3S/c1-4-26(5-2)30(28,29)18-13-10-17(11-14-18)12-15-21(27)23-16(3)22-24-19-8-6-7-9-20(19)25-22/h6-16H,4-5H2,1-3H3,(H,23,27)(H,24,25)/b15-12+. The number of nitrogens with one attached hydrogen (secondary N) is 2. The molecule has 1 amide bonds. The number of imidazole rings is 1. The van der Waals surface area contributed by atoms with Crippen molar-refractivity contribution >= 4 is 33.0 Å². The summed E-state index contributed by atoms with van der Waals surface area (Å²) < 4.78 is 26.5. The first-order chi connectivity index (χ1) is 14.3. The van der Waals surface area contributed by atoms with Crippen LogP contribution in [0.3, 0.4) is 0 Å².